The molecule has 2 unspecified atom stereocenters. The molecule has 5 nitrogen and oxygen atoms in total. The predicted octanol–water partition coefficient (Wildman–Crippen LogP) is 3.43. The molecule has 24 heavy (non-hydrogen) atoms. The van der Waals surface area contributed by atoms with Crippen molar-refractivity contribution in [2.24, 2.45) is 11.1 Å². The average Bonchev–Trinajstić information content (AvgIpc) is 3.00. The predicted molar refractivity (Wildman–Crippen MR) is 86.6 cm³/mol. The van der Waals surface area contributed by atoms with Gasteiger partial charge in [0.1, 0.15) is 5.54 Å². The van der Waals surface area contributed by atoms with Crippen molar-refractivity contribution in [1.82, 2.24) is 10.1 Å². The maximum absolute atomic E-state index is 13.3. The number of hydrogen-bond acceptors (Lipinski definition) is 5. The van der Waals surface area contributed by atoms with Gasteiger partial charge < -0.3 is 15.0 Å². The highest BCUT2D eigenvalue weighted by atomic mass is 35.5. The number of ether oxygens (including phenoxy) is 1. The third-order valence-electron chi connectivity index (χ3n) is 4.82. The van der Waals surface area contributed by atoms with Gasteiger partial charge in [0.2, 0.25) is 11.7 Å². The third-order valence-corrected chi connectivity index (χ3v) is 4.82. The van der Waals surface area contributed by atoms with Crippen molar-refractivity contribution in [2.45, 2.75) is 38.8 Å². The minimum Gasteiger partial charge on any atom is -0.378 e. The summed E-state index contributed by atoms with van der Waals surface area (Å²) in [5, 5.41) is 3.85. The van der Waals surface area contributed by atoms with E-state index in [0.717, 1.165) is 12.1 Å². The van der Waals surface area contributed by atoms with E-state index < -0.39 is 17.2 Å². The van der Waals surface area contributed by atoms with Crippen molar-refractivity contribution >= 4 is 12.4 Å². The molecule has 8 heteroatoms. The molecule has 1 aliphatic carbocycles. The molecule has 132 valence electrons. The van der Waals surface area contributed by atoms with Gasteiger partial charge in [0.05, 0.1) is 6.10 Å². The van der Waals surface area contributed by atoms with Gasteiger partial charge in [0, 0.05) is 24.0 Å². The summed E-state index contributed by atoms with van der Waals surface area (Å²) in [4.78, 5) is 4.29. The number of benzene rings is 1. The van der Waals surface area contributed by atoms with Gasteiger partial charge in [-0.1, -0.05) is 19.0 Å². The van der Waals surface area contributed by atoms with Gasteiger partial charge in [-0.2, -0.15) is 4.98 Å². The summed E-state index contributed by atoms with van der Waals surface area (Å²) in [7, 11) is 0. The quantitative estimate of drug-likeness (QED) is 0.905. The fourth-order valence-electron chi connectivity index (χ4n) is 2.96. The molecule has 0 radical (unpaired) electrons. The Labute approximate surface area is 145 Å². The van der Waals surface area contributed by atoms with Crippen LogP contribution in [-0.4, -0.2) is 22.9 Å². The van der Waals surface area contributed by atoms with Crippen LogP contribution >= 0.6 is 12.4 Å². The summed E-state index contributed by atoms with van der Waals surface area (Å²) in [6.45, 7) is 6.51. The number of aromatic nitrogens is 2. The maximum atomic E-state index is 13.3. The molecule has 2 atom stereocenters. The second-order valence-electron chi connectivity index (χ2n) is 6.39. The summed E-state index contributed by atoms with van der Waals surface area (Å²) in [5.74, 6) is -1.43. The Morgan fingerprint density at radius 1 is 1.33 bits per heavy atom. The standard InChI is InChI=1S/C16H19F2N3O2.ClH/c1-4-22-12-8-16(19,15(12,2)3)14-20-13(21-23-14)9-5-6-10(17)11(18)7-9;/h5-7,12H,4,8,19H2,1-3H3;1H. The minimum absolute atomic E-state index is 0. The lowest BCUT2D eigenvalue weighted by Crippen LogP contribution is -2.67. The highest BCUT2D eigenvalue weighted by Crippen LogP contribution is 2.55. The minimum atomic E-state index is -0.961. The van der Waals surface area contributed by atoms with Crippen molar-refractivity contribution < 1.29 is 18.0 Å². The fourth-order valence-corrected chi connectivity index (χ4v) is 2.96. The Morgan fingerprint density at radius 2 is 2.04 bits per heavy atom. The van der Waals surface area contributed by atoms with Crippen LogP contribution in [0.25, 0.3) is 11.4 Å². The lowest BCUT2D eigenvalue weighted by Gasteiger charge is -2.56. The van der Waals surface area contributed by atoms with Crippen LogP contribution in [0.1, 0.15) is 33.1 Å². The molecular weight excluding hydrogens is 340 g/mol. The van der Waals surface area contributed by atoms with Gasteiger partial charge in [-0.3, -0.25) is 0 Å². The molecule has 2 aromatic rings. The van der Waals surface area contributed by atoms with Gasteiger partial charge >= 0.3 is 0 Å². The van der Waals surface area contributed by atoms with E-state index in [1.807, 2.05) is 20.8 Å². The zero-order valence-corrected chi connectivity index (χ0v) is 14.5. The Hall–Kier alpha value is -1.57. The van der Waals surface area contributed by atoms with Crippen LogP contribution in [0.3, 0.4) is 0 Å². The number of hydrogen-bond donors (Lipinski definition) is 1. The van der Waals surface area contributed by atoms with Crippen LogP contribution in [0.15, 0.2) is 22.7 Å². The van der Waals surface area contributed by atoms with E-state index in [1.54, 1.807) is 0 Å². The van der Waals surface area contributed by atoms with Crippen LogP contribution in [0.5, 0.6) is 0 Å². The highest BCUT2D eigenvalue weighted by Gasteiger charge is 2.62. The lowest BCUT2D eigenvalue weighted by atomic mass is 9.54. The van der Waals surface area contributed by atoms with E-state index in [-0.39, 0.29) is 35.6 Å². The third kappa shape index (κ3) is 2.70. The highest BCUT2D eigenvalue weighted by molar-refractivity contribution is 5.85. The van der Waals surface area contributed by atoms with E-state index in [9.17, 15) is 8.78 Å². The van der Waals surface area contributed by atoms with Crippen LogP contribution in [0, 0.1) is 17.0 Å². The molecule has 1 heterocycles. The molecule has 1 aliphatic rings. The number of nitrogens with zero attached hydrogens (tertiary/aromatic N) is 2. The molecule has 1 fully saturated rings. The lowest BCUT2D eigenvalue weighted by molar-refractivity contribution is -0.162. The molecule has 1 saturated carbocycles. The molecule has 1 aromatic carbocycles. The molecule has 0 aliphatic heterocycles. The summed E-state index contributed by atoms with van der Waals surface area (Å²) in [6, 6.07) is 3.45. The summed E-state index contributed by atoms with van der Waals surface area (Å²) in [5.41, 5.74) is 5.61. The fraction of sp³-hybridized carbons (Fsp3) is 0.500. The normalized spacial score (nSPS) is 25.0. The van der Waals surface area contributed by atoms with Gasteiger partial charge in [-0.25, -0.2) is 8.78 Å². The number of halogens is 3. The topological polar surface area (TPSA) is 74.2 Å². The second-order valence-corrected chi connectivity index (χ2v) is 6.39. The SMILES string of the molecule is CCOC1CC(N)(c2nc(-c3ccc(F)c(F)c3)no2)C1(C)C.Cl. The van der Waals surface area contributed by atoms with E-state index in [0.29, 0.717) is 18.6 Å². The smallest absolute Gasteiger partial charge is 0.247 e. The van der Waals surface area contributed by atoms with Crippen molar-refractivity contribution in [1.29, 1.82) is 0 Å². The Balaban J connectivity index is 0.00000208. The first-order valence-corrected chi connectivity index (χ1v) is 7.49. The molecule has 2 N–H and O–H groups in total. The van der Waals surface area contributed by atoms with Crippen LogP contribution in [0.4, 0.5) is 8.78 Å². The average molecular weight is 360 g/mol. The zero-order chi connectivity index (χ0) is 16.8. The van der Waals surface area contributed by atoms with E-state index in [2.05, 4.69) is 10.1 Å². The molecule has 0 bridgehead atoms. The Morgan fingerprint density at radius 3 is 2.62 bits per heavy atom. The second kappa shape index (κ2) is 6.38. The van der Waals surface area contributed by atoms with Crippen molar-refractivity contribution in [3.63, 3.8) is 0 Å². The van der Waals surface area contributed by atoms with Crippen molar-refractivity contribution in [3.8, 4) is 11.4 Å². The Bertz CT molecular complexity index is 738. The van der Waals surface area contributed by atoms with Crippen molar-refractivity contribution in [3.05, 3.63) is 35.7 Å². The van der Waals surface area contributed by atoms with Gasteiger partial charge in [-0.05, 0) is 25.1 Å². The van der Waals surface area contributed by atoms with E-state index in [4.69, 9.17) is 15.0 Å². The molecular formula is C16H20ClF2N3O2. The van der Waals surface area contributed by atoms with Gasteiger partial charge in [-0.15, -0.1) is 12.4 Å². The summed E-state index contributed by atoms with van der Waals surface area (Å²) in [6.07, 6.45) is 0.573. The molecule has 3 rings (SSSR count). The maximum Gasteiger partial charge on any atom is 0.247 e. The zero-order valence-electron chi connectivity index (χ0n) is 13.7. The van der Waals surface area contributed by atoms with Gasteiger partial charge in [0.15, 0.2) is 11.6 Å². The first kappa shape index (κ1) is 18.8. The number of rotatable bonds is 4. The van der Waals surface area contributed by atoms with E-state index >= 15 is 0 Å². The molecule has 1 aromatic heterocycles. The summed E-state index contributed by atoms with van der Waals surface area (Å²) < 4.78 is 37.3. The largest absolute Gasteiger partial charge is 0.378 e. The van der Waals surface area contributed by atoms with Crippen LogP contribution in [0.2, 0.25) is 0 Å². The van der Waals surface area contributed by atoms with Crippen LogP contribution < -0.4 is 5.73 Å². The first-order chi connectivity index (χ1) is 10.8. The van der Waals surface area contributed by atoms with Crippen molar-refractivity contribution in [2.75, 3.05) is 6.61 Å². The van der Waals surface area contributed by atoms with Gasteiger partial charge in [0.25, 0.3) is 0 Å². The Kier molecular flexibility index (Phi) is 4.99. The summed E-state index contributed by atoms with van der Waals surface area (Å²) >= 11 is 0. The first-order valence-electron chi connectivity index (χ1n) is 7.49. The molecule has 0 spiro atoms. The number of nitrogens with two attached hydrogens (primary N) is 1. The monoisotopic (exact) mass is 359 g/mol. The van der Waals surface area contributed by atoms with Crippen LogP contribution in [-0.2, 0) is 10.3 Å². The molecule has 0 amide bonds. The molecule has 0 saturated heterocycles. The van der Waals surface area contributed by atoms with E-state index in [1.165, 1.54) is 6.07 Å².